The average molecular weight is 362 g/mol. The maximum absolute atomic E-state index is 12.3. The number of hydrogen-bond donors (Lipinski definition) is 2. The zero-order valence-electron chi connectivity index (χ0n) is 14.9. The van der Waals surface area contributed by atoms with Gasteiger partial charge in [0.05, 0.1) is 18.2 Å². The fraction of sp³-hybridized carbons (Fsp3) is 0.100. The van der Waals surface area contributed by atoms with Crippen LogP contribution in [0.1, 0.15) is 26.3 Å². The van der Waals surface area contributed by atoms with E-state index >= 15 is 0 Å². The summed E-state index contributed by atoms with van der Waals surface area (Å²) >= 11 is 0. The van der Waals surface area contributed by atoms with Gasteiger partial charge in [0.25, 0.3) is 5.91 Å². The smallest absolute Gasteiger partial charge is 0.337 e. The summed E-state index contributed by atoms with van der Waals surface area (Å²) in [4.78, 5) is 32.1. The minimum Gasteiger partial charge on any atom is -0.465 e. The van der Waals surface area contributed by atoms with Gasteiger partial charge < -0.3 is 15.4 Å². The second-order valence-electron chi connectivity index (χ2n) is 5.76. The Morgan fingerprint density at radius 1 is 0.926 bits per heavy atom. The number of nitrogens with one attached hydrogen (secondary N) is 2. The van der Waals surface area contributed by atoms with Crippen molar-refractivity contribution in [2.24, 2.45) is 0 Å². The van der Waals surface area contributed by atoms with Crippen LogP contribution in [0.4, 0.5) is 17.3 Å². The van der Waals surface area contributed by atoms with Gasteiger partial charge in [-0.3, -0.25) is 4.79 Å². The summed E-state index contributed by atoms with van der Waals surface area (Å²) in [5, 5.41) is 5.84. The van der Waals surface area contributed by atoms with Gasteiger partial charge in [-0.05, 0) is 42.8 Å². The quantitative estimate of drug-likeness (QED) is 0.674. The molecule has 7 nitrogen and oxygen atoms in total. The molecule has 1 amide bonds. The molecule has 0 unspecified atom stereocenters. The molecule has 0 bridgehead atoms. The standard InChI is InChI=1S/C20H18N4O3/c1-13-5-3-4-6-17(13)24-18(25)15-11-21-20(22-12-15)23-16-9-7-14(8-10-16)19(26)27-2/h3-12H,1-2H3,(H,24,25)(H,21,22,23). The predicted octanol–water partition coefficient (Wildman–Crippen LogP) is 3.57. The second-order valence-corrected chi connectivity index (χ2v) is 5.76. The molecule has 1 heterocycles. The first kappa shape index (κ1) is 18.1. The van der Waals surface area contributed by atoms with E-state index in [-0.39, 0.29) is 5.91 Å². The van der Waals surface area contributed by atoms with E-state index in [0.717, 1.165) is 11.3 Å². The van der Waals surface area contributed by atoms with Crippen molar-refractivity contribution < 1.29 is 14.3 Å². The number of amides is 1. The monoisotopic (exact) mass is 362 g/mol. The first-order chi connectivity index (χ1) is 13.1. The Labute approximate surface area is 156 Å². The summed E-state index contributed by atoms with van der Waals surface area (Å²) in [6, 6.07) is 14.2. The SMILES string of the molecule is COC(=O)c1ccc(Nc2ncc(C(=O)Nc3ccccc3C)cn2)cc1. The zero-order valence-corrected chi connectivity index (χ0v) is 14.9. The number of hydrogen-bond acceptors (Lipinski definition) is 6. The molecule has 0 spiro atoms. The van der Waals surface area contributed by atoms with Crippen LogP contribution in [0.15, 0.2) is 60.9 Å². The van der Waals surface area contributed by atoms with E-state index in [1.807, 2.05) is 31.2 Å². The van der Waals surface area contributed by atoms with Gasteiger partial charge in [0, 0.05) is 23.8 Å². The van der Waals surface area contributed by atoms with E-state index in [4.69, 9.17) is 0 Å². The van der Waals surface area contributed by atoms with Gasteiger partial charge in [-0.1, -0.05) is 18.2 Å². The summed E-state index contributed by atoms with van der Waals surface area (Å²) < 4.78 is 4.66. The molecular weight excluding hydrogens is 344 g/mol. The third-order valence-corrected chi connectivity index (χ3v) is 3.87. The molecule has 1 aromatic heterocycles. The van der Waals surface area contributed by atoms with Gasteiger partial charge in [-0.2, -0.15) is 0 Å². The molecule has 0 aliphatic carbocycles. The lowest BCUT2D eigenvalue weighted by molar-refractivity contribution is 0.0600. The molecule has 0 aliphatic rings. The lowest BCUT2D eigenvalue weighted by Gasteiger charge is -2.09. The number of para-hydroxylation sites is 1. The van der Waals surface area contributed by atoms with Gasteiger partial charge in [-0.25, -0.2) is 14.8 Å². The van der Waals surface area contributed by atoms with Crippen LogP contribution in [0.25, 0.3) is 0 Å². The minimum atomic E-state index is -0.401. The summed E-state index contributed by atoms with van der Waals surface area (Å²) in [5.74, 6) is -0.339. The number of nitrogens with zero attached hydrogens (tertiary/aromatic N) is 2. The highest BCUT2D eigenvalue weighted by Gasteiger charge is 2.09. The predicted molar refractivity (Wildman–Crippen MR) is 102 cm³/mol. The van der Waals surface area contributed by atoms with E-state index < -0.39 is 5.97 Å². The number of rotatable bonds is 5. The molecule has 2 aromatic carbocycles. The average Bonchev–Trinajstić information content (AvgIpc) is 2.70. The van der Waals surface area contributed by atoms with Crippen molar-refractivity contribution in [2.75, 3.05) is 17.7 Å². The number of ether oxygens (including phenoxy) is 1. The molecule has 136 valence electrons. The lowest BCUT2D eigenvalue weighted by Crippen LogP contribution is -2.13. The van der Waals surface area contributed by atoms with Crippen molar-refractivity contribution in [1.82, 2.24) is 9.97 Å². The molecular formula is C20H18N4O3. The van der Waals surface area contributed by atoms with Crippen LogP contribution in [0.5, 0.6) is 0 Å². The summed E-state index contributed by atoms with van der Waals surface area (Å²) in [5.41, 5.74) is 3.23. The molecule has 0 fully saturated rings. The fourth-order valence-corrected chi connectivity index (χ4v) is 2.35. The highest BCUT2D eigenvalue weighted by atomic mass is 16.5. The second kappa shape index (κ2) is 8.09. The van der Waals surface area contributed by atoms with Crippen molar-refractivity contribution in [1.29, 1.82) is 0 Å². The van der Waals surface area contributed by atoms with E-state index in [2.05, 4.69) is 25.3 Å². The number of methoxy groups -OCH3 is 1. The van der Waals surface area contributed by atoms with E-state index in [9.17, 15) is 9.59 Å². The molecule has 0 aliphatic heterocycles. The number of aryl methyl sites for hydroxylation is 1. The van der Waals surface area contributed by atoms with Crippen molar-refractivity contribution >= 4 is 29.2 Å². The normalized spacial score (nSPS) is 10.1. The number of esters is 1. The Morgan fingerprint density at radius 3 is 2.22 bits per heavy atom. The Morgan fingerprint density at radius 2 is 1.59 bits per heavy atom. The molecule has 3 rings (SSSR count). The molecule has 7 heteroatoms. The largest absolute Gasteiger partial charge is 0.465 e. The molecule has 27 heavy (non-hydrogen) atoms. The number of aromatic nitrogens is 2. The maximum Gasteiger partial charge on any atom is 0.337 e. The molecule has 0 saturated heterocycles. The third kappa shape index (κ3) is 4.46. The molecule has 0 atom stereocenters. The maximum atomic E-state index is 12.3. The third-order valence-electron chi connectivity index (χ3n) is 3.87. The molecule has 0 radical (unpaired) electrons. The number of anilines is 3. The number of carbonyl (C=O) groups excluding carboxylic acids is 2. The first-order valence-electron chi connectivity index (χ1n) is 8.21. The van der Waals surface area contributed by atoms with Gasteiger partial charge in [0.15, 0.2) is 0 Å². The van der Waals surface area contributed by atoms with Gasteiger partial charge in [-0.15, -0.1) is 0 Å². The fourth-order valence-electron chi connectivity index (χ4n) is 2.35. The van der Waals surface area contributed by atoms with Crippen LogP contribution in [0.2, 0.25) is 0 Å². The molecule has 2 N–H and O–H groups in total. The van der Waals surface area contributed by atoms with E-state index in [0.29, 0.717) is 22.8 Å². The Bertz CT molecular complexity index is 954. The van der Waals surface area contributed by atoms with Crippen LogP contribution in [-0.4, -0.2) is 29.0 Å². The van der Waals surface area contributed by atoms with Gasteiger partial charge in [0.1, 0.15) is 0 Å². The Hall–Kier alpha value is -3.74. The minimum absolute atomic E-state index is 0.279. The van der Waals surface area contributed by atoms with Crippen molar-refractivity contribution in [3.05, 3.63) is 77.6 Å². The van der Waals surface area contributed by atoms with Gasteiger partial charge in [0.2, 0.25) is 5.95 Å². The zero-order chi connectivity index (χ0) is 19.2. The van der Waals surface area contributed by atoms with Crippen LogP contribution < -0.4 is 10.6 Å². The topological polar surface area (TPSA) is 93.2 Å². The summed E-state index contributed by atoms with van der Waals surface area (Å²) in [7, 11) is 1.33. The highest BCUT2D eigenvalue weighted by molar-refractivity contribution is 6.04. The number of carbonyl (C=O) groups is 2. The van der Waals surface area contributed by atoms with Crippen LogP contribution in [0, 0.1) is 6.92 Å². The van der Waals surface area contributed by atoms with Crippen molar-refractivity contribution in [3.63, 3.8) is 0 Å². The van der Waals surface area contributed by atoms with Crippen LogP contribution in [0.3, 0.4) is 0 Å². The van der Waals surface area contributed by atoms with Crippen molar-refractivity contribution in [2.45, 2.75) is 6.92 Å². The summed E-state index contributed by atoms with van der Waals surface area (Å²) in [6.45, 7) is 1.92. The van der Waals surface area contributed by atoms with Crippen LogP contribution >= 0.6 is 0 Å². The van der Waals surface area contributed by atoms with Crippen molar-refractivity contribution in [3.8, 4) is 0 Å². The summed E-state index contributed by atoms with van der Waals surface area (Å²) in [6.07, 6.45) is 2.90. The van der Waals surface area contributed by atoms with E-state index in [1.165, 1.54) is 19.5 Å². The molecule has 3 aromatic rings. The van der Waals surface area contributed by atoms with Gasteiger partial charge >= 0.3 is 5.97 Å². The Balaban J connectivity index is 1.65. The Kier molecular flexibility index (Phi) is 5.41. The highest BCUT2D eigenvalue weighted by Crippen LogP contribution is 2.16. The van der Waals surface area contributed by atoms with E-state index in [1.54, 1.807) is 24.3 Å². The first-order valence-corrected chi connectivity index (χ1v) is 8.21. The lowest BCUT2D eigenvalue weighted by atomic mass is 10.2. The number of benzene rings is 2. The van der Waals surface area contributed by atoms with Crippen LogP contribution in [-0.2, 0) is 4.74 Å². The molecule has 0 saturated carbocycles.